The van der Waals surface area contributed by atoms with E-state index >= 15 is 0 Å². The van der Waals surface area contributed by atoms with Gasteiger partial charge in [-0.1, -0.05) is 91.8 Å². The van der Waals surface area contributed by atoms with Crippen molar-refractivity contribution in [3.05, 3.63) is 64.2 Å². The average Bonchev–Trinajstić information content (AvgIpc) is 2.65. The first-order valence-electron chi connectivity index (χ1n) is 11.1. The quantitative estimate of drug-likeness (QED) is 0.430. The summed E-state index contributed by atoms with van der Waals surface area (Å²) in [6.45, 7) is 16.9. The van der Waals surface area contributed by atoms with Crippen LogP contribution in [0.25, 0.3) is 0 Å². The molecule has 0 aliphatic heterocycles. The minimum atomic E-state index is -0.183. The fourth-order valence-electron chi connectivity index (χ4n) is 3.44. The molecule has 0 saturated carbocycles. The SMILES string of the molecule is CC(C)c1ccc(/C=N/NC(=O)CCc2cc(C(C)(C)C)c(O)c(C(C)(C)C)c2)cc1. The molecule has 4 heteroatoms. The summed E-state index contributed by atoms with van der Waals surface area (Å²) in [7, 11) is 0. The lowest BCUT2D eigenvalue weighted by Crippen LogP contribution is -2.20. The smallest absolute Gasteiger partial charge is 0.240 e. The summed E-state index contributed by atoms with van der Waals surface area (Å²) in [6.07, 6.45) is 2.59. The normalized spacial score (nSPS) is 12.5. The third-order valence-corrected chi connectivity index (χ3v) is 5.43. The van der Waals surface area contributed by atoms with E-state index in [0.29, 0.717) is 24.5 Å². The molecule has 0 saturated heterocycles. The van der Waals surface area contributed by atoms with Crippen LogP contribution in [0.15, 0.2) is 41.5 Å². The molecule has 2 rings (SSSR count). The van der Waals surface area contributed by atoms with Crippen LogP contribution in [0.3, 0.4) is 0 Å². The maximum atomic E-state index is 12.3. The van der Waals surface area contributed by atoms with E-state index in [1.165, 1.54) is 5.56 Å². The van der Waals surface area contributed by atoms with E-state index in [-0.39, 0.29) is 16.7 Å². The summed E-state index contributed by atoms with van der Waals surface area (Å²) in [4.78, 5) is 12.3. The van der Waals surface area contributed by atoms with Crippen molar-refractivity contribution in [2.45, 2.75) is 85.0 Å². The van der Waals surface area contributed by atoms with Crippen molar-refractivity contribution >= 4 is 12.1 Å². The van der Waals surface area contributed by atoms with Gasteiger partial charge in [-0.15, -0.1) is 0 Å². The molecular formula is C27H38N2O2. The van der Waals surface area contributed by atoms with Gasteiger partial charge in [0.25, 0.3) is 0 Å². The van der Waals surface area contributed by atoms with Crippen LogP contribution >= 0.6 is 0 Å². The molecule has 0 spiro atoms. The molecule has 168 valence electrons. The first kappa shape index (κ1) is 24.6. The van der Waals surface area contributed by atoms with E-state index in [0.717, 1.165) is 22.3 Å². The molecule has 0 aliphatic rings. The number of amides is 1. The van der Waals surface area contributed by atoms with E-state index in [1.54, 1.807) is 6.21 Å². The number of phenols is 1. The second-order valence-electron chi connectivity index (χ2n) is 10.7. The van der Waals surface area contributed by atoms with Crippen molar-refractivity contribution in [1.82, 2.24) is 5.43 Å². The van der Waals surface area contributed by atoms with Gasteiger partial charge in [-0.05, 0) is 51.0 Å². The lowest BCUT2D eigenvalue weighted by molar-refractivity contribution is -0.121. The number of aromatic hydroxyl groups is 1. The Hall–Kier alpha value is -2.62. The number of rotatable bonds is 6. The largest absolute Gasteiger partial charge is 0.507 e. The van der Waals surface area contributed by atoms with Crippen molar-refractivity contribution in [3.63, 3.8) is 0 Å². The Labute approximate surface area is 187 Å². The van der Waals surface area contributed by atoms with Crippen LogP contribution in [0, 0.1) is 0 Å². The van der Waals surface area contributed by atoms with Crippen LogP contribution in [0.2, 0.25) is 0 Å². The Balaban J connectivity index is 2.05. The number of hydrogen-bond acceptors (Lipinski definition) is 3. The number of phenolic OH excluding ortho intramolecular Hbond substituents is 1. The Morgan fingerprint density at radius 1 is 1.00 bits per heavy atom. The standard InChI is InChI=1S/C27H38N2O2/c1-18(2)21-12-9-19(10-13-21)17-28-29-24(30)14-11-20-15-22(26(3,4)5)25(31)23(16-20)27(6,7)8/h9-10,12-13,15-18,31H,11,14H2,1-8H3,(H,29,30)/b28-17+. The number of aryl methyl sites for hydroxylation is 1. The monoisotopic (exact) mass is 422 g/mol. The fourth-order valence-corrected chi connectivity index (χ4v) is 3.44. The van der Waals surface area contributed by atoms with Gasteiger partial charge in [0, 0.05) is 6.42 Å². The van der Waals surface area contributed by atoms with Gasteiger partial charge in [-0.25, -0.2) is 5.43 Å². The molecule has 0 fully saturated rings. The predicted octanol–water partition coefficient (Wildman–Crippen LogP) is 6.19. The zero-order chi connectivity index (χ0) is 23.4. The highest BCUT2D eigenvalue weighted by Gasteiger charge is 2.26. The number of nitrogens with one attached hydrogen (secondary N) is 1. The summed E-state index contributed by atoms with van der Waals surface area (Å²) in [5.41, 5.74) is 7.37. The van der Waals surface area contributed by atoms with Gasteiger partial charge in [0.2, 0.25) is 5.91 Å². The topological polar surface area (TPSA) is 61.7 Å². The van der Waals surface area contributed by atoms with E-state index in [9.17, 15) is 9.90 Å². The molecule has 2 aromatic carbocycles. The van der Waals surface area contributed by atoms with Gasteiger partial charge in [0.15, 0.2) is 0 Å². The van der Waals surface area contributed by atoms with Crippen molar-refractivity contribution in [3.8, 4) is 5.75 Å². The molecule has 0 heterocycles. The van der Waals surface area contributed by atoms with Crippen LogP contribution < -0.4 is 5.43 Å². The Bertz CT molecular complexity index is 892. The summed E-state index contributed by atoms with van der Waals surface area (Å²) in [5.74, 6) is 0.724. The molecule has 0 unspecified atom stereocenters. The predicted molar refractivity (Wildman–Crippen MR) is 130 cm³/mol. The molecular weight excluding hydrogens is 384 g/mol. The maximum Gasteiger partial charge on any atom is 0.240 e. The molecule has 1 amide bonds. The van der Waals surface area contributed by atoms with Crippen molar-refractivity contribution in [2.75, 3.05) is 0 Å². The zero-order valence-corrected chi connectivity index (χ0v) is 20.3. The second kappa shape index (κ2) is 9.67. The lowest BCUT2D eigenvalue weighted by Gasteiger charge is -2.28. The van der Waals surface area contributed by atoms with Crippen molar-refractivity contribution < 1.29 is 9.90 Å². The highest BCUT2D eigenvalue weighted by atomic mass is 16.3. The molecule has 0 atom stereocenters. The number of hydrazone groups is 1. The van der Waals surface area contributed by atoms with Crippen LogP contribution in [0.5, 0.6) is 5.75 Å². The van der Waals surface area contributed by atoms with Gasteiger partial charge in [-0.2, -0.15) is 5.10 Å². The summed E-state index contributed by atoms with van der Waals surface area (Å²) in [6, 6.07) is 12.2. The number of carbonyl (C=O) groups is 1. The highest BCUT2D eigenvalue weighted by molar-refractivity contribution is 5.82. The molecule has 2 aromatic rings. The first-order chi connectivity index (χ1) is 14.3. The summed E-state index contributed by atoms with van der Waals surface area (Å²) >= 11 is 0. The third-order valence-electron chi connectivity index (χ3n) is 5.43. The highest BCUT2D eigenvalue weighted by Crippen LogP contribution is 2.39. The Morgan fingerprint density at radius 3 is 1.97 bits per heavy atom. The molecule has 0 radical (unpaired) electrons. The van der Waals surface area contributed by atoms with Gasteiger partial charge >= 0.3 is 0 Å². The lowest BCUT2D eigenvalue weighted by atomic mass is 9.78. The van der Waals surface area contributed by atoms with Crippen LogP contribution in [0.1, 0.15) is 95.5 Å². The summed E-state index contributed by atoms with van der Waals surface area (Å²) in [5, 5.41) is 14.9. The maximum absolute atomic E-state index is 12.3. The fraction of sp³-hybridized carbons (Fsp3) is 0.481. The minimum Gasteiger partial charge on any atom is -0.507 e. The number of hydrogen-bond donors (Lipinski definition) is 2. The second-order valence-corrected chi connectivity index (χ2v) is 10.7. The summed E-state index contributed by atoms with van der Waals surface area (Å²) < 4.78 is 0. The zero-order valence-electron chi connectivity index (χ0n) is 20.3. The van der Waals surface area contributed by atoms with Crippen molar-refractivity contribution in [2.24, 2.45) is 5.10 Å². The first-order valence-corrected chi connectivity index (χ1v) is 11.1. The van der Waals surface area contributed by atoms with Crippen LogP contribution in [0.4, 0.5) is 0 Å². The van der Waals surface area contributed by atoms with E-state index in [4.69, 9.17) is 0 Å². The Kier molecular flexibility index (Phi) is 7.69. The number of nitrogens with zero attached hydrogens (tertiary/aromatic N) is 1. The number of benzene rings is 2. The van der Waals surface area contributed by atoms with Crippen LogP contribution in [-0.2, 0) is 22.0 Å². The van der Waals surface area contributed by atoms with E-state index in [1.807, 2.05) is 24.3 Å². The number of carbonyl (C=O) groups excluding carboxylic acids is 1. The van der Waals surface area contributed by atoms with Gasteiger partial charge in [0.1, 0.15) is 5.75 Å². The van der Waals surface area contributed by atoms with Crippen LogP contribution in [-0.4, -0.2) is 17.2 Å². The third kappa shape index (κ3) is 6.95. The van der Waals surface area contributed by atoms with Gasteiger partial charge in [0.05, 0.1) is 6.21 Å². The Morgan fingerprint density at radius 2 is 1.52 bits per heavy atom. The van der Waals surface area contributed by atoms with Gasteiger partial charge < -0.3 is 5.11 Å². The van der Waals surface area contributed by atoms with E-state index in [2.05, 4.69) is 78.0 Å². The molecule has 0 aliphatic carbocycles. The molecule has 31 heavy (non-hydrogen) atoms. The average molecular weight is 423 g/mol. The molecule has 0 aromatic heterocycles. The molecule has 4 nitrogen and oxygen atoms in total. The van der Waals surface area contributed by atoms with Gasteiger partial charge in [-0.3, -0.25) is 4.79 Å². The minimum absolute atomic E-state index is 0.127. The molecule has 2 N–H and O–H groups in total. The molecule has 0 bridgehead atoms. The van der Waals surface area contributed by atoms with E-state index < -0.39 is 0 Å². The van der Waals surface area contributed by atoms with Crippen molar-refractivity contribution in [1.29, 1.82) is 0 Å².